The Bertz CT molecular complexity index is 516. The molecule has 2 heterocycles. The van der Waals surface area contributed by atoms with E-state index in [0.717, 1.165) is 4.88 Å². The van der Waals surface area contributed by atoms with Crippen LogP contribution in [0.4, 0.5) is 0 Å². The fourth-order valence-electron chi connectivity index (χ4n) is 2.33. The van der Waals surface area contributed by atoms with E-state index in [2.05, 4.69) is 24.4 Å². The van der Waals surface area contributed by atoms with Crippen molar-refractivity contribution in [2.75, 3.05) is 6.54 Å². The molecule has 5 heteroatoms. The van der Waals surface area contributed by atoms with Gasteiger partial charge in [-0.3, -0.25) is 9.59 Å². The Morgan fingerprint density at radius 2 is 2.05 bits per heavy atom. The minimum Gasteiger partial charge on any atom is -0.344 e. The highest BCUT2D eigenvalue weighted by atomic mass is 32.1. The minimum atomic E-state index is -0.446. The van der Waals surface area contributed by atoms with Gasteiger partial charge in [0.15, 0.2) is 0 Å². The Balaban J connectivity index is 2.19. The van der Waals surface area contributed by atoms with Gasteiger partial charge in [-0.2, -0.15) is 0 Å². The highest BCUT2D eigenvalue weighted by Gasteiger charge is 2.37. The quantitative estimate of drug-likeness (QED) is 0.910. The van der Waals surface area contributed by atoms with Crippen molar-refractivity contribution in [3.05, 3.63) is 21.9 Å². The van der Waals surface area contributed by atoms with Crippen LogP contribution in [0.5, 0.6) is 0 Å². The van der Waals surface area contributed by atoms with Gasteiger partial charge in [0.25, 0.3) is 0 Å². The van der Waals surface area contributed by atoms with Crippen molar-refractivity contribution < 1.29 is 9.59 Å². The number of hydrogen-bond acceptors (Lipinski definition) is 3. The number of nitrogens with one attached hydrogen (secondary N) is 1. The van der Waals surface area contributed by atoms with Crippen molar-refractivity contribution in [3.8, 4) is 0 Å². The van der Waals surface area contributed by atoms with E-state index in [4.69, 9.17) is 0 Å². The van der Waals surface area contributed by atoms with Gasteiger partial charge in [-0.1, -0.05) is 20.8 Å². The van der Waals surface area contributed by atoms with Crippen molar-refractivity contribution in [2.24, 2.45) is 5.41 Å². The molecule has 1 N–H and O–H groups in total. The summed E-state index contributed by atoms with van der Waals surface area (Å²) in [5.74, 6) is -0.0162. The summed E-state index contributed by atoms with van der Waals surface area (Å²) in [5, 5.41) is 2.86. The van der Waals surface area contributed by atoms with E-state index in [-0.39, 0.29) is 17.2 Å². The first-order valence-corrected chi connectivity index (χ1v) is 7.72. The fraction of sp³-hybridized carbons (Fsp3) is 0.600. The number of rotatable bonds is 2. The smallest absolute Gasteiger partial charge is 0.246 e. The van der Waals surface area contributed by atoms with Crippen molar-refractivity contribution in [3.63, 3.8) is 0 Å². The van der Waals surface area contributed by atoms with E-state index in [1.807, 2.05) is 20.8 Å². The number of amides is 2. The molecule has 4 nitrogen and oxygen atoms in total. The summed E-state index contributed by atoms with van der Waals surface area (Å²) >= 11 is 1.70. The van der Waals surface area contributed by atoms with Crippen LogP contribution in [-0.4, -0.2) is 29.3 Å². The zero-order valence-corrected chi connectivity index (χ0v) is 13.3. The maximum Gasteiger partial charge on any atom is 0.246 e. The largest absolute Gasteiger partial charge is 0.344 e. The molecule has 110 valence electrons. The Kier molecular flexibility index (Phi) is 4.18. The molecule has 1 atom stereocenters. The van der Waals surface area contributed by atoms with Crippen molar-refractivity contribution >= 4 is 23.2 Å². The lowest BCUT2D eigenvalue weighted by Gasteiger charge is -2.32. The van der Waals surface area contributed by atoms with Crippen LogP contribution in [0.2, 0.25) is 0 Å². The Hall–Kier alpha value is -1.36. The summed E-state index contributed by atoms with van der Waals surface area (Å²) in [7, 11) is 0. The zero-order valence-electron chi connectivity index (χ0n) is 12.5. The molecule has 0 aliphatic carbocycles. The Morgan fingerprint density at radius 1 is 1.35 bits per heavy atom. The minimum absolute atomic E-state index is 0.0226. The molecular formula is C15H22N2O2S. The highest BCUT2D eigenvalue weighted by Crippen LogP contribution is 2.25. The molecule has 2 amide bonds. The van der Waals surface area contributed by atoms with Gasteiger partial charge in [-0.15, -0.1) is 11.3 Å². The molecule has 0 radical (unpaired) electrons. The van der Waals surface area contributed by atoms with Crippen LogP contribution in [-0.2, 0) is 16.1 Å². The maximum absolute atomic E-state index is 12.7. The van der Waals surface area contributed by atoms with Gasteiger partial charge in [-0.25, -0.2) is 0 Å². The first kappa shape index (κ1) is 15.0. The predicted octanol–water partition coefficient (Wildman–Crippen LogP) is 2.32. The summed E-state index contributed by atoms with van der Waals surface area (Å²) < 4.78 is 0. The lowest BCUT2D eigenvalue weighted by molar-refractivity contribution is -0.136. The van der Waals surface area contributed by atoms with E-state index in [1.165, 1.54) is 4.88 Å². The number of carbonyl (C=O) groups is 2. The summed E-state index contributed by atoms with van der Waals surface area (Å²) in [6, 6.07) is 3.67. The predicted molar refractivity (Wildman–Crippen MR) is 80.5 cm³/mol. The molecule has 1 fully saturated rings. The topological polar surface area (TPSA) is 49.4 Å². The lowest BCUT2D eigenvalue weighted by Crippen LogP contribution is -2.51. The van der Waals surface area contributed by atoms with Crippen LogP contribution in [0.1, 0.15) is 36.9 Å². The van der Waals surface area contributed by atoms with Gasteiger partial charge in [0, 0.05) is 22.7 Å². The second kappa shape index (κ2) is 5.56. The van der Waals surface area contributed by atoms with E-state index >= 15 is 0 Å². The molecule has 0 aromatic carbocycles. The molecule has 0 saturated carbocycles. The number of thiophene rings is 1. The van der Waals surface area contributed by atoms with Crippen molar-refractivity contribution in [1.82, 2.24) is 10.2 Å². The maximum atomic E-state index is 12.7. The number of carbonyl (C=O) groups excluding carboxylic acids is 2. The van der Waals surface area contributed by atoms with Gasteiger partial charge in [-0.05, 0) is 24.5 Å². The van der Waals surface area contributed by atoms with Gasteiger partial charge in [0.2, 0.25) is 11.8 Å². The third kappa shape index (κ3) is 3.39. The summed E-state index contributed by atoms with van der Waals surface area (Å²) in [5.41, 5.74) is -0.277. The molecule has 0 spiro atoms. The van der Waals surface area contributed by atoms with Crippen molar-refractivity contribution in [1.29, 1.82) is 0 Å². The number of hydrogen-bond donors (Lipinski definition) is 1. The molecule has 1 aromatic rings. The van der Waals surface area contributed by atoms with Crippen molar-refractivity contribution in [2.45, 2.75) is 46.7 Å². The molecule has 0 bridgehead atoms. The van der Waals surface area contributed by atoms with E-state index in [0.29, 0.717) is 19.5 Å². The molecule has 20 heavy (non-hydrogen) atoms. The third-order valence-electron chi connectivity index (χ3n) is 3.48. The van der Waals surface area contributed by atoms with Gasteiger partial charge < -0.3 is 10.2 Å². The van der Waals surface area contributed by atoms with Gasteiger partial charge >= 0.3 is 0 Å². The average molecular weight is 294 g/mol. The van der Waals surface area contributed by atoms with Crippen LogP contribution in [0.25, 0.3) is 0 Å². The van der Waals surface area contributed by atoms with Crippen LogP contribution in [0.15, 0.2) is 12.1 Å². The van der Waals surface area contributed by atoms with Crippen LogP contribution >= 0.6 is 11.3 Å². The second-order valence-corrected chi connectivity index (χ2v) is 7.76. The van der Waals surface area contributed by atoms with Crippen LogP contribution in [0, 0.1) is 12.3 Å². The summed E-state index contributed by atoms with van der Waals surface area (Å²) in [6.07, 6.45) is 0.378. The molecule has 1 aromatic heterocycles. The first-order chi connectivity index (χ1) is 9.27. The van der Waals surface area contributed by atoms with E-state index < -0.39 is 6.04 Å². The molecule has 1 unspecified atom stereocenters. The molecule has 1 saturated heterocycles. The van der Waals surface area contributed by atoms with Crippen LogP contribution in [0.3, 0.4) is 0 Å². The second-order valence-electron chi connectivity index (χ2n) is 6.39. The van der Waals surface area contributed by atoms with Gasteiger partial charge in [0.05, 0.1) is 6.54 Å². The molecule has 2 rings (SSSR count). The van der Waals surface area contributed by atoms with E-state index in [9.17, 15) is 9.59 Å². The molecule has 1 aliphatic heterocycles. The Morgan fingerprint density at radius 3 is 2.60 bits per heavy atom. The standard InChI is InChI=1S/C15H22N2O2S/c1-10-5-6-11(20-10)9-17-8-7-12(18)16-13(14(17)19)15(2,3)4/h5-6,13H,7-9H2,1-4H3,(H,16,18). The number of aryl methyl sites for hydroxylation is 1. The average Bonchev–Trinajstić information content (AvgIpc) is 2.68. The normalized spacial score (nSPS) is 20.8. The zero-order chi connectivity index (χ0) is 14.9. The molecular weight excluding hydrogens is 272 g/mol. The summed E-state index contributed by atoms with van der Waals surface area (Å²) in [6.45, 7) is 9.09. The van der Waals surface area contributed by atoms with Gasteiger partial charge in [0.1, 0.15) is 6.04 Å². The Labute approximate surface area is 124 Å². The highest BCUT2D eigenvalue weighted by molar-refractivity contribution is 7.11. The fourth-order valence-corrected chi connectivity index (χ4v) is 3.23. The number of nitrogens with zero attached hydrogens (tertiary/aromatic N) is 1. The first-order valence-electron chi connectivity index (χ1n) is 6.91. The summed E-state index contributed by atoms with van der Waals surface area (Å²) in [4.78, 5) is 28.7. The molecule has 1 aliphatic rings. The SMILES string of the molecule is Cc1ccc(CN2CCC(=O)NC(C(C)(C)C)C2=O)s1. The van der Waals surface area contributed by atoms with Crippen LogP contribution < -0.4 is 5.32 Å². The van der Waals surface area contributed by atoms with E-state index in [1.54, 1.807) is 16.2 Å². The monoisotopic (exact) mass is 294 g/mol. The third-order valence-corrected chi connectivity index (χ3v) is 4.47. The lowest BCUT2D eigenvalue weighted by atomic mass is 9.86.